The zero-order valence-corrected chi connectivity index (χ0v) is 11.5. The van der Waals surface area contributed by atoms with Crippen molar-refractivity contribution in [1.29, 1.82) is 0 Å². The third-order valence-electron chi connectivity index (χ3n) is 2.77. The topological polar surface area (TPSA) is 60.7 Å². The van der Waals surface area contributed by atoms with Crippen molar-refractivity contribution in [3.63, 3.8) is 0 Å². The highest BCUT2D eigenvalue weighted by Gasteiger charge is 1.97. The Kier molecular flexibility index (Phi) is 7.80. The zero-order valence-electron chi connectivity index (χ0n) is 11.5. The minimum atomic E-state index is -0.138. The van der Waals surface area contributed by atoms with Crippen molar-refractivity contribution in [2.24, 2.45) is 0 Å². The lowest BCUT2D eigenvalue weighted by molar-refractivity contribution is 0.350. The van der Waals surface area contributed by atoms with Gasteiger partial charge in [0.05, 0.1) is 0 Å². The van der Waals surface area contributed by atoms with Crippen LogP contribution < -0.4 is 0 Å². The molecular weight excluding hydrogens is 252 g/mol. The molecule has 20 heavy (non-hydrogen) atoms. The van der Waals surface area contributed by atoms with E-state index in [0.29, 0.717) is 5.56 Å². The normalized spacial score (nSPS) is 9.25. The quantitative estimate of drug-likeness (QED) is 0.439. The summed E-state index contributed by atoms with van der Waals surface area (Å²) in [5.74, 6) is 11.3. The van der Waals surface area contributed by atoms with Crippen LogP contribution in [0.1, 0.15) is 44.1 Å². The Hall–Kier alpha value is -2.10. The first-order valence-electron chi connectivity index (χ1n) is 6.81. The average Bonchev–Trinajstić information content (AvgIpc) is 2.45. The Morgan fingerprint density at radius 1 is 0.800 bits per heavy atom. The van der Waals surface area contributed by atoms with Gasteiger partial charge in [-0.05, 0) is 31.0 Å². The van der Waals surface area contributed by atoms with E-state index in [-0.39, 0.29) is 18.1 Å². The summed E-state index contributed by atoms with van der Waals surface area (Å²) in [6, 6.07) is 4.58. The predicted molar refractivity (Wildman–Crippen MR) is 79.2 cm³/mol. The van der Waals surface area contributed by atoms with Gasteiger partial charge < -0.3 is 15.3 Å². The van der Waals surface area contributed by atoms with Crippen molar-refractivity contribution < 1.29 is 15.3 Å². The number of aromatic hydroxyl groups is 2. The number of hydrogen-bond donors (Lipinski definition) is 3. The van der Waals surface area contributed by atoms with Crippen LogP contribution in [0.3, 0.4) is 0 Å². The molecule has 0 aromatic heterocycles. The van der Waals surface area contributed by atoms with E-state index in [1.807, 2.05) is 0 Å². The maximum Gasteiger partial charge on any atom is 0.158 e. The van der Waals surface area contributed by atoms with Gasteiger partial charge in [-0.2, -0.15) is 0 Å². The van der Waals surface area contributed by atoms with Crippen LogP contribution in [-0.2, 0) is 0 Å². The Morgan fingerprint density at radius 2 is 1.50 bits per heavy atom. The Bertz CT molecular complexity index is 527. The minimum absolute atomic E-state index is 0.0532. The Labute approximate surface area is 120 Å². The van der Waals surface area contributed by atoms with Crippen LogP contribution in [0.15, 0.2) is 18.2 Å². The third kappa shape index (κ3) is 6.73. The van der Waals surface area contributed by atoms with E-state index in [4.69, 9.17) is 10.2 Å². The van der Waals surface area contributed by atoms with Crippen molar-refractivity contribution in [3.05, 3.63) is 23.8 Å². The predicted octanol–water partition coefficient (Wildman–Crippen LogP) is 2.79. The summed E-state index contributed by atoms with van der Waals surface area (Å²) in [5.41, 5.74) is 0.708. The molecule has 0 heterocycles. The van der Waals surface area contributed by atoms with Crippen molar-refractivity contribution in [2.45, 2.75) is 38.5 Å². The average molecular weight is 272 g/mol. The van der Waals surface area contributed by atoms with Gasteiger partial charge >= 0.3 is 0 Å². The molecule has 0 saturated carbocycles. The monoisotopic (exact) mass is 272 g/mol. The van der Waals surface area contributed by atoms with Gasteiger partial charge in [-0.1, -0.05) is 30.6 Å². The summed E-state index contributed by atoms with van der Waals surface area (Å²) in [4.78, 5) is 0. The van der Waals surface area contributed by atoms with Gasteiger partial charge in [0.25, 0.3) is 0 Å². The number of phenols is 2. The van der Waals surface area contributed by atoms with Gasteiger partial charge in [0, 0.05) is 18.4 Å². The lowest BCUT2D eigenvalue weighted by atomic mass is 10.1. The van der Waals surface area contributed by atoms with Crippen LogP contribution in [0.4, 0.5) is 0 Å². The summed E-state index contributed by atoms with van der Waals surface area (Å²) in [7, 11) is 0. The van der Waals surface area contributed by atoms with Crippen LogP contribution in [0.5, 0.6) is 11.5 Å². The van der Waals surface area contributed by atoms with E-state index >= 15 is 0 Å². The standard InChI is InChI=1S/C17H20O3/c18-13-9-7-5-3-1-2-4-6-8-10-15-11-12-16(19)17(20)14-15/h11-12,14,18-20H,1-6,13H2. The third-order valence-corrected chi connectivity index (χ3v) is 2.77. The molecule has 0 saturated heterocycles. The van der Waals surface area contributed by atoms with Crippen LogP contribution in [-0.4, -0.2) is 21.9 Å². The van der Waals surface area contributed by atoms with Crippen molar-refractivity contribution >= 4 is 0 Å². The van der Waals surface area contributed by atoms with Gasteiger partial charge in [0.2, 0.25) is 0 Å². The van der Waals surface area contributed by atoms with E-state index in [0.717, 1.165) is 38.5 Å². The smallest absolute Gasteiger partial charge is 0.158 e. The molecule has 3 nitrogen and oxygen atoms in total. The van der Waals surface area contributed by atoms with Gasteiger partial charge in [0.15, 0.2) is 11.5 Å². The molecule has 0 spiro atoms. The summed E-state index contributed by atoms with van der Waals surface area (Å²) >= 11 is 0. The van der Waals surface area contributed by atoms with Crippen LogP contribution in [0.2, 0.25) is 0 Å². The minimum Gasteiger partial charge on any atom is -0.504 e. The highest BCUT2D eigenvalue weighted by molar-refractivity contribution is 5.46. The molecule has 3 N–H and O–H groups in total. The van der Waals surface area contributed by atoms with Gasteiger partial charge in [-0.3, -0.25) is 0 Å². The molecule has 0 bridgehead atoms. The fourth-order valence-electron chi connectivity index (χ4n) is 1.69. The second-order valence-corrected chi connectivity index (χ2v) is 4.43. The zero-order chi connectivity index (χ0) is 14.6. The number of unbranched alkanes of at least 4 members (excludes halogenated alkanes) is 5. The summed E-state index contributed by atoms with van der Waals surface area (Å²) in [6.45, 7) is -0.0532. The Balaban J connectivity index is 2.15. The molecule has 0 radical (unpaired) electrons. The number of phenolic OH excluding ortho intramolecular Hbond substituents is 2. The lowest BCUT2D eigenvalue weighted by Gasteiger charge is -1.97. The molecule has 0 amide bonds. The molecule has 0 atom stereocenters. The maximum atomic E-state index is 9.32. The molecule has 1 aromatic carbocycles. The maximum absolute atomic E-state index is 9.32. The fourth-order valence-corrected chi connectivity index (χ4v) is 1.69. The number of hydrogen-bond acceptors (Lipinski definition) is 3. The van der Waals surface area contributed by atoms with Crippen molar-refractivity contribution in [3.8, 4) is 35.2 Å². The van der Waals surface area contributed by atoms with Gasteiger partial charge in [-0.15, -0.1) is 5.92 Å². The summed E-state index contributed by atoms with van der Waals surface area (Å²) in [6.07, 6.45) is 6.03. The molecule has 106 valence electrons. The number of rotatable bonds is 5. The second-order valence-electron chi connectivity index (χ2n) is 4.43. The van der Waals surface area contributed by atoms with Crippen molar-refractivity contribution in [1.82, 2.24) is 0 Å². The van der Waals surface area contributed by atoms with Crippen LogP contribution in [0.25, 0.3) is 0 Å². The van der Waals surface area contributed by atoms with E-state index in [2.05, 4.69) is 23.7 Å². The first-order valence-corrected chi connectivity index (χ1v) is 6.81. The number of aliphatic hydroxyl groups excluding tert-OH is 1. The number of aliphatic hydroxyl groups is 1. The van der Waals surface area contributed by atoms with E-state index in [1.165, 1.54) is 12.1 Å². The summed E-state index contributed by atoms with van der Waals surface area (Å²) in [5, 5.41) is 27.0. The van der Waals surface area contributed by atoms with Crippen LogP contribution >= 0.6 is 0 Å². The molecule has 1 rings (SSSR count). The number of benzene rings is 1. The molecule has 1 aromatic rings. The molecule has 0 aliphatic heterocycles. The molecule has 3 heteroatoms. The Morgan fingerprint density at radius 3 is 2.15 bits per heavy atom. The highest BCUT2D eigenvalue weighted by atomic mass is 16.3. The van der Waals surface area contributed by atoms with E-state index in [1.54, 1.807) is 6.07 Å². The van der Waals surface area contributed by atoms with Crippen molar-refractivity contribution in [2.75, 3.05) is 6.61 Å². The molecular formula is C17H20O3. The van der Waals surface area contributed by atoms with Gasteiger partial charge in [-0.25, -0.2) is 0 Å². The molecule has 0 fully saturated rings. The fraction of sp³-hybridized carbons (Fsp3) is 0.412. The van der Waals surface area contributed by atoms with E-state index < -0.39 is 0 Å². The largest absolute Gasteiger partial charge is 0.504 e. The second kappa shape index (κ2) is 9.78. The molecule has 0 aliphatic carbocycles. The van der Waals surface area contributed by atoms with Crippen LogP contribution in [0, 0.1) is 23.7 Å². The van der Waals surface area contributed by atoms with E-state index in [9.17, 15) is 5.11 Å². The lowest BCUT2D eigenvalue weighted by Crippen LogP contribution is -1.79. The first kappa shape index (κ1) is 16.0. The molecule has 0 unspecified atom stereocenters. The first-order chi connectivity index (χ1) is 9.74. The molecule has 0 aliphatic rings. The van der Waals surface area contributed by atoms with Gasteiger partial charge in [0.1, 0.15) is 6.61 Å². The SMILES string of the molecule is OCC#CCCCCCCC#Cc1ccc(O)c(O)c1. The summed E-state index contributed by atoms with van der Waals surface area (Å²) < 4.78 is 0. The highest BCUT2D eigenvalue weighted by Crippen LogP contribution is 2.24.